The molecule has 0 atom stereocenters. The summed E-state index contributed by atoms with van der Waals surface area (Å²) in [5, 5.41) is 13.9. The van der Waals surface area contributed by atoms with Gasteiger partial charge in [0.25, 0.3) is 0 Å². The molecule has 0 aliphatic heterocycles. The highest BCUT2D eigenvalue weighted by Crippen LogP contribution is 2.25. The fraction of sp³-hybridized carbons (Fsp3) is 0.338. The van der Waals surface area contributed by atoms with E-state index in [9.17, 15) is 0 Å². The lowest BCUT2D eigenvalue weighted by atomic mass is 10.2. The Balaban J connectivity index is 0.000000446. The average molecular weight is 1240 g/mol. The maximum absolute atomic E-state index is 5.80. The van der Waals surface area contributed by atoms with E-state index >= 15 is 0 Å². The molecule has 0 saturated carbocycles. The molecule has 5 nitrogen and oxygen atoms in total. The molecule has 0 aliphatic carbocycles. The Morgan fingerprint density at radius 3 is 1.02 bits per heavy atom. The summed E-state index contributed by atoms with van der Waals surface area (Å²) in [6, 6.07) is 27.1. The van der Waals surface area contributed by atoms with Crippen LogP contribution in [0.5, 0.6) is 0 Å². The zero-order valence-corrected chi connectivity index (χ0v) is 59.0. The van der Waals surface area contributed by atoms with Gasteiger partial charge in [0.05, 0.1) is 21.3 Å². The van der Waals surface area contributed by atoms with Crippen LogP contribution in [0.1, 0.15) is 123 Å². The van der Waals surface area contributed by atoms with Crippen molar-refractivity contribution in [2.45, 2.75) is 159 Å². The number of benzene rings is 1. The molecular weight excluding hydrogens is 1150 g/mol. The number of thiophene rings is 5. The second kappa shape index (κ2) is 41.1. The van der Waals surface area contributed by atoms with Crippen molar-refractivity contribution >= 4 is 91.0 Å². The van der Waals surface area contributed by atoms with Crippen LogP contribution < -0.4 is 0 Å². The first kappa shape index (κ1) is 74.0. The average Bonchev–Trinajstić information content (AvgIpc) is 4.34. The van der Waals surface area contributed by atoms with Gasteiger partial charge in [-0.05, 0) is 268 Å². The topological polar surface area (TPSA) is 65.0 Å². The minimum atomic E-state index is 0.926. The molecule has 1 aromatic carbocycles. The maximum atomic E-state index is 5.80. The van der Waals surface area contributed by atoms with E-state index in [0.29, 0.717) is 0 Å². The number of furan rings is 2. The van der Waals surface area contributed by atoms with E-state index in [1.165, 1.54) is 84.2 Å². The largest absolute Gasteiger partial charge is 0.469 e. The van der Waals surface area contributed by atoms with Crippen molar-refractivity contribution < 1.29 is 8.83 Å². The maximum Gasteiger partial charge on any atom is 0.101 e. The fourth-order valence-corrected chi connectivity index (χ4v) is 11.4. The minimum absolute atomic E-state index is 0.926. The van der Waals surface area contributed by atoms with Crippen molar-refractivity contribution in [3.05, 3.63) is 252 Å². The van der Waals surface area contributed by atoms with Crippen molar-refractivity contribution in [1.29, 1.82) is 0 Å². The van der Waals surface area contributed by atoms with Gasteiger partial charge in [0.15, 0.2) is 0 Å². The van der Waals surface area contributed by atoms with E-state index in [-0.39, 0.29) is 0 Å². The van der Waals surface area contributed by atoms with Gasteiger partial charge in [0, 0.05) is 63.3 Å². The smallest absolute Gasteiger partial charge is 0.101 e. The summed E-state index contributed by atoms with van der Waals surface area (Å²) in [4.78, 5) is 21.8. The summed E-state index contributed by atoms with van der Waals surface area (Å²) in [5.41, 5.74) is 14.1. The Morgan fingerprint density at radius 1 is 0.358 bits per heavy atom. The van der Waals surface area contributed by atoms with Gasteiger partial charge in [0.1, 0.15) is 17.3 Å². The van der Waals surface area contributed by atoms with E-state index in [0.717, 1.165) is 43.7 Å². The fourth-order valence-electron chi connectivity index (χ4n) is 6.14. The second-order valence-corrected chi connectivity index (χ2v) is 28.3. The van der Waals surface area contributed by atoms with E-state index in [1.54, 1.807) is 62.9 Å². The summed E-state index contributed by atoms with van der Waals surface area (Å²) in [7, 11) is 0. The van der Waals surface area contributed by atoms with Gasteiger partial charge < -0.3 is 8.83 Å². The highest BCUT2D eigenvalue weighted by Gasteiger charge is 1.99. The van der Waals surface area contributed by atoms with Gasteiger partial charge in [-0.3, -0.25) is 4.98 Å². The van der Waals surface area contributed by atoms with Crippen LogP contribution in [0.4, 0.5) is 0 Å². The Hall–Kier alpha value is -5.02. The summed E-state index contributed by atoms with van der Waals surface area (Å²) in [6.07, 6.45) is 5.50. The zero-order valence-electron chi connectivity index (χ0n) is 52.5. The first-order chi connectivity index (χ1) is 38.0. The van der Waals surface area contributed by atoms with Gasteiger partial charge in [-0.1, -0.05) is 53.1 Å². The normalized spacial score (nSPS) is 9.48. The number of pyridine rings is 1. The number of aromatic nitrogens is 3. The molecule has 438 valence electrons. The number of thiazole rings is 2. The molecule has 0 spiro atoms. The molecule has 81 heavy (non-hydrogen) atoms. The molecule has 0 fully saturated rings. The van der Waals surface area contributed by atoms with Crippen LogP contribution in [-0.2, 0) is 0 Å². The van der Waals surface area contributed by atoms with Crippen molar-refractivity contribution in [2.75, 3.05) is 0 Å². The standard InChI is InChI=1S/C8H10.C7H9N.C7H10S.C6H7ClS.2C6H8O.3C6H8S.2C5H7NS/c1-7-3-5-8(2)6-4-7;1-6-3-4-7(2)8-5-6;1-5-4-8-7(3)6(5)2;1-4-3-8-5(2)6(4)7;1-5-3-6(2)7-4-5;1-5-3-4-6(2)7-5;2*1-5-3-6(2)7-4-5;1-5-3-4-6(2)7-5;1-4-3-7-5(2)6-4;1-4-3-6-5(2)7-4/h3-6H,1-2H3;3-5H,1-2H3;4H,1-3H3;3H,1-2H3;5*3-4H,1-2H3;2*3H,1-2H3. The first-order valence-corrected chi connectivity index (χ1v) is 33.0. The monoisotopic (exact) mass is 1240 g/mol. The number of hydrogen-bond donors (Lipinski definition) is 0. The number of nitrogens with zero attached hydrogens (tertiary/aromatic N) is 3. The van der Waals surface area contributed by atoms with Gasteiger partial charge in [-0.25, -0.2) is 9.97 Å². The molecule has 0 aliphatic rings. The van der Waals surface area contributed by atoms with Crippen molar-refractivity contribution in [3.63, 3.8) is 0 Å². The molecule has 0 N–H and O–H groups in total. The lowest BCUT2D eigenvalue weighted by molar-refractivity contribution is 0.504. The van der Waals surface area contributed by atoms with E-state index < -0.39 is 0 Å². The lowest BCUT2D eigenvalue weighted by Crippen LogP contribution is -1.78. The summed E-state index contributed by atoms with van der Waals surface area (Å²) >= 11 is 18.2. The predicted molar refractivity (Wildman–Crippen MR) is 368 cm³/mol. The van der Waals surface area contributed by atoms with Crippen LogP contribution in [0, 0.1) is 159 Å². The molecule has 13 heteroatoms. The molecule has 0 saturated heterocycles. The Kier molecular flexibility index (Phi) is 37.5. The Bertz CT molecular complexity index is 2670. The molecule has 10 heterocycles. The molecule has 0 unspecified atom stereocenters. The molecule has 0 amide bonds. The lowest BCUT2D eigenvalue weighted by Gasteiger charge is -1.90. The third kappa shape index (κ3) is 36.9. The molecule has 0 radical (unpaired) electrons. The van der Waals surface area contributed by atoms with Crippen LogP contribution in [0.15, 0.2) is 133 Å². The van der Waals surface area contributed by atoms with Crippen molar-refractivity contribution in [2.24, 2.45) is 0 Å². The van der Waals surface area contributed by atoms with Crippen LogP contribution in [0.3, 0.4) is 0 Å². The summed E-state index contributed by atoms with van der Waals surface area (Å²) in [5.74, 6) is 2.95. The van der Waals surface area contributed by atoms with Crippen LogP contribution in [-0.4, -0.2) is 15.0 Å². The molecule has 0 bridgehead atoms. The minimum Gasteiger partial charge on any atom is -0.469 e. The van der Waals surface area contributed by atoms with Gasteiger partial charge in [0.2, 0.25) is 0 Å². The predicted octanol–water partition coefficient (Wildman–Crippen LogP) is 24.1. The first-order valence-electron chi connectivity index (χ1n) is 26.6. The Morgan fingerprint density at radius 2 is 0.864 bits per heavy atom. The highest BCUT2D eigenvalue weighted by atomic mass is 35.5. The van der Waals surface area contributed by atoms with Gasteiger partial charge in [-0.15, -0.1) is 79.4 Å². The summed E-state index contributed by atoms with van der Waals surface area (Å²) in [6.45, 7) is 47.4. The summed E-state index contributed by atoms with van der Waals surface area (Å²) < 4.78 is 10.0. The SMILES string of the molecule is Cc1ccc(C)cc1.Cc1ccc(C)nc1.Cc1ccc(C)o1.Cc1ccc(C)s1.Cc1cnc(C)s1.Cc1coc(C)c1.Cc1csc(C)c1.Cc1csc(C)c1.Cc1csc(C)c1C.Cc1csc(C)c1Cl.Cc1csc(C)n1. The van der Waals surface area contributed by atoms with E-state index in [4.69, 9.17) is 20.4 Å². The quantitative estimate of drug-likeness (QED) is 0.151. The van der Waals surface area contributed by atoms with Crippen LogP contribution in [0.25, 0.3) is 0 Å². The molecule has 11 aromatic rings. The third-order valence-electron chi connectivity index (χ3n) is 10.7. The Labute approximate surface area is 521 Å². The van der Waals surface area contributed by atoms with Crippen LogP contribution >= 0.6 is 91.0 Å². The van der Waals surface area contributed by atoms with E-state index in [1.807, 2.05) is 135 Å². The number of halogens is 1. The van der Waals surface area contributed by atoms with Crippen LogP contribution in [0.2, 0.25) is 5.02 Å². The zero-order chi connectivity index (χ0) is 61.2. The second-order valence-electron chi connectivity index (χ2n) is 19.5. The number of rotatable bonds is 0. The van der Waals surface area contributed by atoms with E-state index in [2.05, 4.69) is 180 Å². The van der Waals surface area contributed by atoms with Gasteiger partial charge >= 0.3 is 0 Å². The number of hydrogen-bond acceptors (Lipinski definition) is 12. The van der Waals surface area contributed by atoms with Gasteiger partial charge in [-0.2, -0.15) is 0 Å². The van der Waals surface area contributed by atoms with Crippen molar-refractivity contribution in [1.82, 2.24) is 15.0 Å². The third-order valence-corrected chi connectivity index (χ3v) is 18.1. The molecular formula is C68H90ClN3O2S7. The number of aryl methyl sites for hydroxylation is 22. The van der Waals surface area contributed by atoms with Crippen molar-refractivity contribution in [3.8, 4) is 0 Å². The molecule has 11 rings (SSSR count). The highest BCUT2D eigenvalue weighted by molar-refractivity contribution is 7.12. The molecule has 10 aromatic heterocycles.